The molecular weight excluding hydrogens is 334 g/mol. The molecule has 0 aliphatic carbocycles. The standard InChI is InChI=1S/C12H18BrNO2S2/c1-2-10-6-4-3-5-8-14(10)18(15,16)12-11(13)7-9-17-12/h7,9-10H,2-6,8H2,1H3. The number of nitrogens with zero attached hydrogens (tertiary/aromatic N) is 1. The molecule has 3 nitrogen and oxygen atoms in total. The van der Waals surface area contributed by atoms with Gasteiger partial charge in [-0.3, -0.25) is 0 Å². The lowest BCUT2D eigenvalue weighted by atomic mass is 10.1. The van der Waals surface area contributed by atoms with Crippen LogP contribution in [0.2, 0.25) is 0 Å². The Morgan fingerprint density at radius 2 is 2.22 bits per heavy atom. The van der Waals surface area contributed by atoms with Gasteiger partial charge in [0.2, 0.25) is 0 Å². The van der Waals surface area contributed by atoms with E-state index >= 15 is 0 Å². The van der Waals surface area contributed by atoms with Gasteiger partial charge in [0.05, 0.1) is 0 Å². The SMILES string of the molecule is CCC1CCCCCN1S(=O)(=O)c1sccc1Br. The lowest BCUT2D eigenvalue weighted by molar-refractivity contribution is 0.315. The highest BCUT2D eigenvalue weighted by atomic mass is 79.9. The molecule has 0 amide bonds. The van der Waals surface area contributed by atoms with Crippen molar-refractivity contribution in [3.63, 3.8) is 0 Å². The van der Waals surface area contributed by atoms with Crippen molar-refractivity contribution < 1.29 is 8.42 Å². The zero-order chi connectivity index (χ0) is 13.2. The molecule has 1 aromatic heterocycles. The van der Waals surface area contributed by atoms with Crippen LogP contribution in [0, 0.1) is 0 Å². The fourth-order valence-corrected chi connectivity index (χ4v) is 6.64. The Kier molecular flexibility index (Phi) is 4.86. The van der Waals surface area contributed by atoms with Crippen molar-refractivity contribution in [2.24, 2.45) is 0 Å². The van der Waals surface area contributed by atoms with Crippen LogP contribution < -0.4 is 0 Å². The third-order valence-electron chi connectivity index (χ3n) is 3.42. The van der Waals surface area contributed by atoms with Gasteiger partial charge in [0.1, 0.15) is 4.21 Å². The smallest absolute Gasteiger partial charge is 0.206 e. The Hall–Kier alpha value is 0.0900. The molecule has 0 spiro atoms. The highest BCUT2D eigenvalue weighted by Crippen LogP contribution is 2.33. The highest BCUT2D eigenvalue weighted by molar-refractivity contribution is 9.10. The lowest BCUT2D eigenvalue weighted by Crippen LogP contribution is -2.39. The molecule has 1 atom stereocenters. The first-order chi connectivity index (χ1) is 8.57. The summed E-state index contributed by atoms with van der Waals surface area (Å²) < 4.78 is 28.2. The van der Waals surface area contributed by atoms with Crippen molar-refractivity contribution in [3.8, 4) is 0 Å². The Morgan fingerprint density at radius 1 is 1.44 bits per heavy atom. The molecule has 0 saturated carbocycles. The van der Waals surface area contributed by atoms with Crippen LogP contribution in [0.3, 0.4) is 0 Å². The van der Waals surface area contributed by atoms with Crippen LogP contribution in [0.15, 0.2) is 20.1 Å². The molecule has 1 fully saturated rings. The third kappa shape index (κ3) is 2.81. The Bertz CT molecular complexity index is 498. The van der Waals surface area contributed by atoms with E-state index in [9.17, 15) is 8.42 Å². The molecule has 1 aliphatic rings. The molecule has 1 aromatic rings. The molecule has 1 aliphatic heterocycles. The Balaban J connectivity index is 2.35. The van der Waals surface area contributed by atoms with Crippen molar-refractivity contribution in [1.82, 2.24) is 4.31 Å². The minimum absolute atomic E-state index is 0.159. The molecule has 0 N–H and O–H groups in total. The third-order valence-corrected chi connectivity index (χ3v) is 8.02. The van der Waals surface area contributed by atoms with Crippen molar-refractivity contribution in [2.45, 2.75) is 49.3 Å². The zero-order valence-corrected chi connectivity index (χ0v) is 13.7. The van der Waals surface area contributed by atoms with Gasteiger partial charge in [-0.1, -0.05) is 19.8 Å². The molecule has 1 saturated heterocycles. The van der Waals surface area contributed by atoms with E-state index in [1.54, 1.807) is 10.4 Å². The first-order valence-electron chi connectivity index (χ1n) is 6.32. The van der Waals surface area contributed by atoms with E-state index in [4.69, 9.17) is 0 Å². The highest BCUT2D eigenvalue weighted by Gasteiger charge is 2.33. The second-order valence-electron chi connectivity index (χ2n) is 4.58. The summed E-state index contributed by atoms with van der Waals surface area (Å²) in [4.78, 5) is 0. The van der Waals surface area contributed by atoms with Crippen molar-refractivity contribution in [2.75, 3.05) is 6.54 Å². The Morgan fingerprint density at radius 3 is 2.83 bits per heavy atom. The van der Waals surface area contributed by atoms with E-state index in [0.717, 1.165) is 32.1 Å². The minimum Gasteiger partial charge on any atom is -0.206 e. The van der Waals surface area contributed by atoms with Gasteiger partial charge in [-0.15, -0.1) is 11.3 Å². The van der Waals surface area contributed by atoms with Crippen LogP contribution in [-0.4, -0.2) is 25.3 Å². The summed E-state index contributed by atoms with van der Waals surface area (Å²) in [6.07, 6.45) is 5.12. The molecule has 0 bridgehead atoms. The van der Waals surface area contributed by atoms with Crippen LogP contribution in [0.1, 0.15) is 39.0 Å². The fourth-order valence-electron chi connectivity index (χ4n) is 2.45. The lowest BCUT2D eigenvalue weighted by Gasteiger charge is -2.27. The number of hydrogen-bond donors (Lipinski definition) is 0. The monoisotopic (exact) mass is 351 g/mol. The number of thiophene rings is 1. The molecule has 102 valence electrons. The summed E-state index contributed by atoms with van der Waals surface area (Å²) >= 11 is 4.63. The molecule has 0 radical (unpaired) electrons. The summed E-state index contributed by atoms with van der Waals surface area (Å²) in [6.45, 7) is 2.73. The van der Waals surface area contributed by atoms with Crippen LogP contribution in [-0.2, 0) is 10.0 Å². The first kappa shape index (κ1) is 14.5. The number of rotatable bonds is 3. The maximum Gasteiger partial charge on any atom is 0.253 e. The Labute approximate surface area is 121 Å². The molecule has 1 unspecified atom stereocenters. The minimum atomic E-state index is -3.33. The van der Waals surface area contributed by atoms with Crippen LogP contribution >= 0.6 is 27.3 Å². The van der Waals surface area contributed by atoms with Gasteiger partial charge in [0.15, 0.2) is 0 Å². The second-order valence-corrected chi connectivity index (χ2v) is 8.44. The second kappa shape index (κ2) is 6.03. The summed E-state index contributed by atoms with van der Waals surface area (Å²) in [5, 5.41) is 1.82. The van der Waals surface area contributed by atoms with E-state index in [1.807, 2.05) is 5.38 Å². The van der Waals surface area contributed by atoms with Crippen LogP contribution in [0.5, 0.6) is 0 Å². The van der Waals surface area contributed by atoms with E-state index in [0.29, 0.717) is 15.2 Å². The molecule has 18 heavy (non-hydrogen) atoms. The fraction of sp³-hybridized carbons (Fsp3) is 0.667. The van der Waals surface area contributed by atoms with Gasteiger partial charge in [0, 0.05) is 17.1 Å². The maximum atomic E-state index is 12.7. The van der Waals surface area contributed by atoms with E-state index in [-0.39, 0.29) is 6.04 Å². The quantitative estimate of drug-likeness (QED) is 0.829. The van der Waals surface area contributed by atoms with Crippen molar-refractivity contribution in [3.05, 3.63) is 15.9 Å². The summed E-state index contributed by atoms with van der Waals surface area (Å²) in [5.74, 6) is 0. The van der Waals surface area contributed by atoms with Crippen LogP contribution in [0.25, 0.3) is 0 Å². The average molecular weight is 352 g/mol. The molecule has 2 heterocycles. The molecule has 0 aromatic carbocycles. The molecular formula is C12H18BrNO2S2. The largest absolute Gasteiger partial charge is 0.253 e. The predicted molar refractivity (Wildman–Crippen MR) is 78.5 cm³/mol. The normalized spacial score (nSPS) is 22.9. The van der Waals surface area contributed by atoms with Gasteiger partial charge in [-0.25, -0.2) is 8.42 Å². The predicted octanol–water partition coefficient (Wildman–Crippen LogP) is 3.85. The van der Waals surface area contributed by atoms with E-state index in [1.165, 1.54) is 11.3 Å². The average Bonchev–Trinajstić information content (AvgIpc) is 2.65. The number of hydrogen-bond acceptors (Lipinski definition) is 3. The van der Waals surface area contributed by atoms with E-state index in [2.05, 4.69) is 22.9 Å². The topological polar surface area (TPSA) is 37.4 Å². The summed E-state index contributed by atoms with van der Waals surface area (Å²) in [7, 11) is -3.33. The zero-order valence-electron chi connectivity index (χ0n) is 10.4. The number of halogens is 1. The van der Waals surface area contributed by atoms with Crippen molar-refractivity contribution in [1.29, 1.82) is 0 Å². The van der Waals surface area contributed by atoms with Gasteiger partial charge >= 0.3 is 0 Å². The number of sulfonamides is 1. The van der Waals surface area contributed by atoms with E-state index < -0.39 is 10.0 Å². The first-order valence-corrected chi connectivity index (χ1v) is 9.43. The van der Waals surface area contributed by atoms with Gasteiger partial charge in [0.25, 0.3) is 10.0 Å². The summed E-state index contributed by atoms with van der Waals surface area (Å²) in [5.41, 5.74) is 0. The molecule has 6 heteroatoms. The molecule has 2 rings (SSSR count). The van der Waals surface area contributed by atoms with Gasteiger partial charge < -0.3 is 0 Å². The summed E-state index contributed by atoms with van der Waals surface area (Å²) in [6, 6.07) is 1.96. The van der Waals surface area contributed by atoms with Gasteiger partial charge in [-0.2, -0.15) is 4.31 Å². The maximum absolute atomic E-state index is 12.7. The van der Waals surface area contributed by atoms with Crippen molar-refractivity contribution >= 4 is 37.3 Å². The van der Waals surface area contributed by atoms with Crippen LogP contribution in [0.4, 0.5) is 0 Å². The van der Waals surface area contributed by atoms with Gasteiger partial charge in [-0.05, 0) is 46.6 Å².